The zero-order valence-electron chi connectivity index (χ0n) is 9.36. The molecule has 3 nitrogen and oxygen atoms in total. The molecular weight excluding hydrogens is 202 g/mol. The maximum absolute atomic E-state index is 11.4. The molecule has 0 aliphatic carbocycles. The Labute approximate surface area is 95.0 Å². The van der Waals surface area contributed by atoms with Crippen molar-refractivity contribution in [2.75, 3.05) is 6.61 Å². The second-order valence-corrected chi connectivity index (χ2v) is 3.25. The van der Waals surface area contributed by atoms with Crippen LogP contribution < -0.4 is 0 Å². The van der Waals surface area contributed by atoms with Crippen molar-refractivity contribution in [2.45, 2.75) is 13.8 Å². The Kier molecular flexibility index (Phi) is 4.28. The lowest BCUT2D eigenvalue weighted by molar-refractivity contribution is -0.137. The largest absolute Gasteiger partial charge is 0.462 e. The van der Waals surface area contributed by atoms with Crippen LogP contribution in [0.25, 0.3) is 6.08 Å². The van der Waals surface area contributed by atoms with E-state index in [1.165, 1.54) is 0 Å². The molecule has 1 rings (SSSR count). The van der Waals surface area contributed by atoms with E-state index in [9.17, 15) is 4.79 Å². The molecule has 1 aromatic carbocycles. The van der Waals surface area contributed by atoms with Gasteiger partial charge in [0.05, 0.1) is 6.61 Å². The highest BCUT2D eigenvalue weighted by molar-refractivity contribution is 5.98. The monoisotopic (exact) mass is 215 g/mol. The summed E-state index contributed by atoms with van der Waals surface area (Å²) in [6.45, 7) is 3.90. The number of carbonyl (C=O) groups excluding carboxylic acids is 1. The van der Waals surface area contributed by atoms with E-state index < -0.39 is 5.97 Å². The molecule has 0 radical (unpaired) electrons. The van der Waals surface area contributed by atoms with Gasteiger partial charge in [0.2, 0.25) is 0 Å². The van der Waals surface area contributed by atoms with Gasteiger partial charge >= 0.3 is 5.97 Å². The van der Waals surface area contributed by atoms with E-state index in [1.54, 1.807) is 13.0 Å². The van der Waals surface area contributed by atoms with Gasteiger partial charge in [-0.05, 0) is 31.1 Å². The molecule has 3 heteroatoms. The molecule has 16 heavy (non-hydrogen) atoms. The van der Waals surface area contributed by atoms with Crippen LogP contribution in [0.4, 0.5) is 0 Å². The molecule has 0 spiro atoms. The van der Waals surface area contributed by atoms with Gasteiger partial charge in [-0.25, -0.2) is 4.79 Å². The smallest absolute Gasteiger partial charge is 0.348 e. The molecule has 1 aromatic rings. The van der Waals surface area contributed by atoms with Gasteiger partial charge in [-0.1, -0.05) is 24.3 Å². The highest BCUT2D eigenvalue weighted by Gasteiger charge is 2.09. The molecule has 0 saturated carbocycles. The third-order valence-electron chi connectivity index (χ3n) is 2.10. The van der Waals surface area contributed by atoms with Crippen LogP contribution in [0.15, 0.2) is 29.8 Å². The number of hydrogen-bond acceptors (Lipinski definition) is 3. The summed E-state index contributed by atoms with van der Waals surface area (Å²) in [5.74, 6) is -0.576. The SMILES string of the molecule is CCOC(=O)/C(C#N)=C/c1ccccc1C. The Morgan fingerprint density at radius 1 is 1.50 bits per heavy atom. The normalized spacial score (nSPS) is 10.7. The molecule has 0 fully saturated rings. The average Bonchev–Trinajstić information content (AvgIpc) is 2.28. The molecule has 0 atom stereocenters. The minimum Gasteiger partial charge on any atom is -0.462 e. The van der Waals surface area contributed by atoms with E-state index in [1.807, 2.05) is 37.3 Å². The number of carbonyl (C=O) groups is 1. The Morgan fingerprint density at radius 3 is 2.75 bits per heavy atom. The summed E-state index contributed by atoms with van der Waals surface area (Å²) in [6.07, 6.45) is 1.55. The number of nitriles is 1. The highest BCUT2D eigenvalue weighted by atomic mass is 16.5. The summed E-state index contributed by atoms with van der Waals surface area (Å²) in [6, 6.07) is 9.39. The topological polar surface area (TPSA) is 50.1 Å². The van der Waals surface area contributed by atoms with Crippen LogP contribution in [0.5, 0.6) is 0 Å². The minimum absolute atomic E-state index is 0.0242. The van der Waals surface area contributed by atoms with Crippen LogP contribution in [-0.4, -0.2) is 12.6 Å². The first-order valence-corrected chi connectivity index (χ1v) is 5.03. The van der Waals surface area contributed by atoms with Crippen molar-refractivity contribution in [2.24, 2.45) is 0 Å². The van der Waals surface area contributed by atoms with Gasteiger partial charge in [0.1, 0.15) is 11.6 Å². The molecule has 0 saturated heterocycles. The van der Waals surface area contributed by atoms with E-state index in [0.717, 1.165) is 11.1 Å². The molecule has 0 unspecified atom stereocenters. The van der Waals surface area contributed by atoms with E-state index in [0.29, 0.717) is 0 Å². The quantitative estimate of drug-likeness (QED) is 0.442. The van der Waals surface area contributed by atoms with Gasteiger partial charge in [0, 0.05) is 0 Å². The van der Waals surface area contributed by atoms with Crippen LogP contribution >= 0.6 is 0 Å². The van der Waals surface area contributed by atoms with Crippen molar-refractivity contribution >= 4 is 12.0 Å². The third-order valence-corrected chi connectivity index (χ3v) is 2.10. The number of ether oxygens (including phenoxy) is 1. The first kappa shape index (κ1) is 12.0. The van der Waals surface area contributed by atoms with E-state index in [4.69, 9.17) is 10.00 Å². The summed E-state index contributed by atoms with van der Waals surface area (Å²) >= 11 is 0. The summed E-state index contributed by atoms with van der Waals surface area (Å²) in [7, 11) is 0. The molecule has 0 N–H and O–H groups in total. The molecule has 0 amide bonds. The minimum atomic E-state index is -0.576. The summed E-state index contributed by atoms with van der Waals surface area (Å²) in [4.78, 5) is 11.4. The van der Waals surface area contributed by atoms with Crippen LogP contribution in [-0.2, 0) is 9.53 Å². The predicted molar refractivity (Wildman–Crippen MR) is 61.4 cm³/mol. The number of hydrogen-bond donors (Lipinski definition) is 0. The number of esters is 1. The standard InChI is InChI=1S/C13H13NO2/c1-3-16-13(15)12(9-14)8-11-7-5-4-6-10(11)2/h4-8H,3H2,1-2H3/b12-8+. The molecule has 0 heterocycles. The first-order valence-electron chi connectivity index (χ1n) is 5.03. The van der Waals surface area contributed by atoms with Crippen molar-refractivity contribution in [1.82, 2.24) is 0 Å². The second kappa shape index (κ2) is 5.72. The maximum atomic E-state index is 11.4. The Morgan fingerprint density at radius 2 is 2.19 bits per heavy atom. The van der Waals surface area contributed by atoms with Gasteiger partial charge < -0.3 is 4.74 Å². The van der Waals surface area contributed by atoms with Crippen molar-refractivity contribution in [1.29, 1.82) is 5.26 Å². The lowest BCUT2D eigenvalue weighted by Gasteiger charge is -2.01. The molecular formula is C13H13NO2. The molecule has 0 bridgehead atoms. The molecule has 0 aromatic heterocycles. The average molecular weight is 215 g/mol. The number of aryl methyl sites for hydroxylation is 1. The van der Waals surface area contributed by atoms with E-state index in [2.05, 4.69) is 0 Å². The van der Waals surface area contributed by atoms with Gasteiger partial charge in [-0.15, -0.1) is 0 Å². The van der Waals surface area contributed by atoms with Gasteiger partial charge in [0.25, 0.3) is 0 Å². The number of rotatable bonds is 3. The third kappa shape index (κ3) is 2.96. The fourth-order valence-corrected chi connectivity index (χ4v) is 1.25. The van der Waals surface area contributed by atoms with Gasteiger partial charge in [-0.3, -0.25) is 0 Å². The summed E-state index contributed by atoms with van der Waals surface area (Å²) in [5.41, 5.74) is 1.89. The fourth-order valence-electron chi connectivity index (χ4n) is 1.25. The molecule has 0 aliphatic heterocycles. The highest BCUT2D eigenvalue weighted by Crippen LogP contribution is 2.12. The van der Waals surface area contributed by atoms with Crippen LogP contribution in [0.1, 0.15) is 18.1 Å². The molecule has 0 aliphatic rings. The summed E-state index contributed by atoms with van der Waals surface area (Å²) < 4.78 is 4.78. The Hall–Kier alpha value is -2.08. The van der Waals surface area contributed by atoms with Crippen LogP contribution in [0.2, 0.25) is 0 Å². The Bertz CT molecular complexity index is 455. The predicted octanol–water partition coefficient (Wildman–Crippen LogP) is 2.47. The summed E-state index contributed by atoms with van der Waals surface area (Å²) in [5, 5.41) is 8.86. The van der Waals surface area contributed by atoms with Gasteiger partial charge in [0.15, 0.2) is 0 Å². The zero-order valence-corrected chi connectivity index (χ0v) is 9.36. The second-order valence-electron chi connectivity index (χ2n) is 3.25. The van der Waals surface area contributed by atoms with Crippen molar-refractivity contribution < 1.29 is 9.53 Å². The zero-order chi connectivity index (χ0) is 12.0. The van der Waals surface area contributed by atoms with Gasteiger partial charge in [-0.2, -0.15) is 5.26 Å². The lowest BCUT2D eigenvalue weighted by atomic mass is 10.1. The van der Waals surface area contributed by atoms with Crippen molar-refractivity contribution in [3.8, 4) is 6.07 Å². The number of nitrogens with zero attached hydrogens (tertiary/aromatic N) is 1. The Balaban J connectivity index is 3.02. The maximum Gasteiger partial charge on any atom is 0.348 e. The number of benzene rings is 1. The lowest BCUT2D eigenvalue weighted by Crippen LogP contribution is -2.06. The van der Waals surface area contributed by atoms with E-state index >= 15 is 0 Å². The first-order chi connectivity index (χ1) is 7.69. The van der Waals surface area contributed by atoms with E-state index in [-0.39, 0.29) is 12.2 Å². The van der Waals surface area contributed by atoms with Crippen molar-refractivity contribution in [3.63, 3.8) is 0 Å². The molecule has 82 valence electrons. The van der Waals surface area contributed by atoms with Crippen LogP contribution in [0, 0.1) is 18.3 Å². The van der Waals surface area contributed by atoms with Crippen LogP contribution in [0.3, 0.4) is 0 Å². The fraction of sp³-hybridized carbons (Fsp3) is 0.231. The van der Waals surface area contributed by atoms with Crippen molar-refractivity contribution in [3.05, 3.63) is 41.0 Å².